The molecule has 4 heteroatoms. The number of anilines is 2. The van der Waals surface area contributed by atoms with Crippen molar-refractivity contribution >= 4 is 23.1 Å². The molecule has 4 rings (SSSR count). The highest BCUT2D eigenvalue weighted by atomic mass is 16.2. The number of hydrogen-bond acceptors (Lipinski definition) is 3. The topological polar surface area (TPSA) is 49.4 Å². The number of aryl methyl sites for hydroxylation is 1. The normalized spacial score (nSPS) is 15.3. The number of hydrogen-bond donors (Lipinski definition) is 1. The quantitative estimate of drug-likeness (QED) is 0.618. The Hall–Kier alpha value is -3.40. The third-order valence-electron chi connectivity index (χ3n) is 5.33. The van der Waals surface area contributed by atoms with E-state index in [4.69, 9.17) is 0 Å². The number of benzene rings is 3. The molecule has 1 heterocycles. The van der Waals surface area contributed by atoms with Gasteiger partial charge >= 0.3 is 0 Å². The zero-order valence-corrected chi connectivity index (χ0v) is 16.5. The molecule has 4 nitrogen and oxygen atoms in total. The van der Waals surface area contributed by atoms with Gasteiger partial charge in [-0.25, -0.2) is 0 Å². The number of para-hydroxylation sites is 2. The van der Waals surface area contributed by atoms with Gasteiger partial charge in [0.05, 0.1) is 24.0 Å². The molecule has 1 N–H and O–H groups in total. The van der Waals surface area contributed by atoms with Crippen molar-refractivity contribution in [1.82, 2.24) is 0 Å². The van der Waals surface area contributed by atoms with Crippen LogP contribution in [0.2, 0.25) is 0 Å². The molecule has 3 aromatic carbocycles. The maximum absolute atomic E-state index is 13.1. The van der Waals surface area contributed by atoms with Crippen molar-refractivity contribution in [3.8, 4) is 0 Å². The van der Waals surface area contributed by atoms with Gasteiger partial charge in [0.1, 0.15) is 0 Å². The zero-order valence-electron chi connectivity index (χ0n) is 16.5. The first-order valence-electron chi connectivity index (χ1n) is 9.92. The molecule has 0 saturated carbocycles. The first-order chi connectivity index (χ1) is 14.1. The number of rotatable bonds is 5. The molecular weight excluding hydrogens is 360 g/mol. The average Bonchev–Trinajstić information content (AvgIpc) is 2.77. The molecule has 0 radical (unpaired) electrons. The maximum atomic E-state index is 13.1. The summed E-state index contributed by atoms with van der Waals surface area (Å²) in [5, 5.41) is 3.53. The molecule has 1 aliphatic rings. The molecule has 146 valence electrons. The van der Waals surface area contributed by atoms with Crippen LogP contribution in [-0.4, -0.2) is 18.2 Å². The summed E-state index contributed by atoms with van der Waals surface area (Å²) in [5.74, 6) is -0.0262. The smallest absolute Gasteiger partial charge is 0.227 e. The SMILES string of the molecule is Cc1ccc(C(=O)CCC(=O)N2CC(c3ccccc3)Nc3ccccc32)cc1. The van der Waals surface area contributed by atoms with Crippen LogP contribution in [0.5, 0.6) is 0 Å². The zero-order chi connectivity index (χ0) is 20.2. The Kier molecular flexibility index (Phi) is 5.43. The van der Waals surface area contributed by atoms with E-state index in [0.717, 1.165) is 22.5 Å². The molecule has 1 amide bonds. The van der Waals surface area contributed by atoms with Crippen molar-refractivity contribution < 1.29 is 9.59 Å². The highest BCUT2D eigenvalue weighted by molar-refractivity contribution is 6.02. The number of Topliss-reactive ketones (excluding diaryl/α,β-unsaturated/α-hetero) is 1. The molecular formula is C25H24N2O2. The monoisotopic (exact) mass is 384 g/mol. The van der Waals surface area contributed by atoms with E-state index >= 15 is 0 Å². The lowest BCUT2D eigenvalue weighted by Crippen LogP contribution is -2.40. The first kappa shape index (κ1) is 18.9. The summed E-state index contributed by atoms with van der Waals surface area (Å²) in [7, 11) is 0. The number of nitrogens with one attached hydrogen (secondary N) is 1. The minimum absolute atomic E-state index is 0.00128. The summed E-state index contributed by atoms with van der Waals surface area (Å²) in [6.07, 6.45) is 0.409. The Bertz CT molecular complexity index is 1010. The number of fused-ring (bicyclic) bond motifs is 1. The number of ketones is 1. The second kappa shape index (κ2) is 8.31. The molecule has 0 aliphatic carbocycles. The number of carbonyl (C=O) groups is 2. The molecule has 0 saturated heterocycles. The largest absolute Gasteiger partial charge is 0.375 e. The van der Waals surface area contributed by atoms with Crippen LogP contribution >= 0.6 is 0 Å². The summed E-state index contributed by atoms with van der Waals surface area (Å²) in [5.41, 5.74) is 4.71. The third-order valence-corrected chi connectivity index (χ3v) is 5.33. The van der Waals surface area contributed by atoms with E-state index < -0.39 is 0 Å². The minimum atomic E-state index is -0.0275. The van der Waals surface area contributed by atoms with Gasteiger partial charge in [-0.3, -0.25) is 9.59 Å². The van der Waals surface area contributed by atoms with E-state index in [1.165, 1.54) is 0 Å². The average molecular weight is 384 g/mol. The van der Waals surface area contributed by atoms with E-state index in [0.29, 0.717) is 12.1 Å². The molecule has 0 fully saturated rings. The minimum Gasteiger partial charge on any atom is -0.375 e. The standard InChI is InChI=1S/C25H24N2O2/c1-18-11-13-20(14-12-18)24(28)15-16-25(29)27-17-22(19-7-3-2-4-8-19)26-21-9-5-6-10-23(21)27/h2-14,22,26H,15-17H2,1H3. The van der Waals surface area contributed by atoms with Crippen LogP contribution in [-0.2, 0) is 4.79 Å². The van der Waals surface area contributed by atoms with E-state index in [1.54, 1.807) is 0 Å². The fraction of sp³-hybridized carbons (Fsp3) is 0.200. The molecule has 0 bridgehead atoms. The highest BCUT2D eigenvalue weighted by Gasteiger charge is 2.28. The molecule has 29 heavy (non-hydrogen) atoms. The maximum Gasteiger partial charge on any atom is 0.227 e. The van der Waals surface area contributed by atoms with Gasteiger partial charge in [-0.2, -0.15) is 0 Å². The van der Waals surface area contributed by atoms with Crippen LogP contribution in [0.4, 0.5) is 11.4 Å². The van der Waals surface area contributed by atoms with Gasteiger partial charge in [-0.15, -0.1) is 0 Å². The Labute approximate surface area is 171 Å². The summed E-state index contributed by atoms with van der Waals surface area (Å²) >= 11 is 0. The van der Waals surface area contributed by atoms with Crippen molar-refractivity contribution in [1.29, 1.82) is 0 Å². The lowest BCUT2D eigenvalue weighted by Gasteiger charge is -2.36. The lowest BCUT2D eigenvalue weighted by atomic mass is 10.0. The van der Waals surface area contributed by atoms with Gasteiger partial charge in [-0.05, 0) is 24.6 Å². The Morgan fingerprint density at radius 3 is 2.34 bits per heavy atom. The van der Waals surface area contributed by atoms with Gasteiger partial charge in [-0.1, -0.05) is 72.3 Å². The predicted molar refractivity (Wildman–Crippen MR) is 116 cm³/mol. The van der Waals surface area contributed by atoms with Gasteiger partial charge in [0, 0.05) is 18.4 Å². The van der Waals surface area contributed by atoms with E-state index in [1.807, 2.05) is 78.6 Å². The van der Waals surface area contributed by atoms with E-state index in [9.17, 15) is 9.59 Å². The fourth-order valence-electron chi connectivity index (χ4n) is 3.69. The lowest BCUT2D eigenvalue weighted by molar-refractivity contribution is -0.118. The van der Waals surface area contributed by atoms with Crippen molar-refractivity contribution in [2.75, 3.05) is 16.8 Å². The second-order valence-corrected chi connectivity index (χ2v) is 7.42. The molecule has 1 aliphatic heterocycles. The number of amides is 1. The van der Waals surface area contributed by atoms with Gasteiger partial charge in [0.2, 0.25) is 5.91 Å². The van der Waals surface area contributed by atoms with Crippen molar-refractivity contribution in [2.24, 2.45) is 0 Å². The van der Waals surface area contributed by atoms with Crippen LogP contribution in [0.15, 0.2) is 78.9 Å². The van der Waals surface area contributed by atoms with Crippen molar-refractivity contribution in [3.05, 3.63) is 95.6 Å². The summed E-state index contributed by atoms with van der Waals surface area (Å²) in [4.78, 5) is 27.4. The second-order valence-electron chi connectivity index (χ2n) is 7.42. The highest BCUT2D eigenvalue weighted by Crippen LogP contribution is 2.36. The Balaban J connectivity index is 1.50. The molecule has 1 unspecified atom stereocenters. The third kappa shape index (κ3) is 4.21. The molecule has 0 aromatic heterocycles. The van der Waals surface area contributed by atoms with E-state index in [2.05, 4.69) is 17.4 Å². The first-order valence-corrected chi connectivity index (χ1v) is 9.92. The van der Waals surface area contributed by atoms with Gasteiger partial charge in [0.15, 0.2) is 5.78 Å². The number of nitrogens with zero attached hydrogens (tertiary/aromatic N) is 1. The van der Waals surface area contributed by atoms with Gasteiger partial charge < -0.3 is 10.2 Å². The summed E-state index contributed by atoms with van der Waals surface area (Å²) in [6, 6.07) is 25.5. The molecule has 1 atom stereocenters. The van der Waals surface area contributed by atoms with Crippen molar-refractivity contribution in [2.45, 2.75) is 25.8 Å². The Morgan fingerprint density at radius 2 is 1.59 bits per heavy atom. The molecule has 3 aromatic rings. The van der Waals surface area contributed by atoms with Crippen LogP contribution in [0, 0.1) is 6.92 Å². The predicted octanol–water partition coefficient (Wildman–Crippen LogP) is 5.16. The molecule has 0 spiro atoms. The van der Waals surface area contributed by atoms with Crippen LogP contribution in [0.1, 0.15) is 40.4 Å². The van der Waals surface area contributed by atoms with Gasteiger partial charge in [0.25, 0.3) is 0 Å². The van der Waals surface area contributed by atoms with Crippen molar-refractivity contribution in [3.63, 3.8) is 0 Å². The number of carbonyl (C=O) groups excluding carboxylic acids is 2. The summed E-state index contributed by atoms with van der Waals surface area (Å²) in [6.45, 7) is 2.53. The Morgan fingerprint density at radius 1 is 0.897 bits per heavy atom. The van der Waals surface area contributed by atoms with E-state index in [-0.39, 0.29) is 30.6 Å². The van der Waals surface area contributed by atoms with Crippen LogP contribution in [0.25, 0.3) is 0 Å². The van der Waals surface area contributed by atoms with Crippen LogP contribution < -0.4 is 10.2 Å². The summed E-state index contributed by atoms with van der Waals surface area (Å²) < 4.78 is 0. The van der Waals surface area contributed by atoms with Crippen LogP contribution in [0.3, 0.4) is 0 Å². The fourth-order valence-corrected chi connectivity index (χ4v) is 3.69.